The molecule has 2 nitrogen and oxygen atoms in total. The summed E-state index contributed by atoms with van der Waals surface area (Å²) in [5, 5.41) is 0. The van der Waals surface area contributed by atoms with Gasteiger partial charge < -0.3 is 5.73 Å². The molecule has 0 aromatic rings. The average Bonchev–Trinajstić information content (AvgIpc) is 1.82. The van der Waals surface area contributed by atoms with Gasteiger partial charge in [0, 0.05) is 5.57 Å². The molecule has 0 unspecified atom stereocenters. The molecule has 0 heterocycles. The lowest BCUT2D eigenvalue weighted by Crippen LogP contribution is -2.11. The van der Waals surface area contributed by atoms with Crippen molar-refractivity contribution in [1.82, 2.24) is 0 Å². The van der Waals surface area contributed by atoms with Crippen LogP contribution in [0.1, 0.15) is 0 Å². The predicted molar refractivity (Wildman–Crippen MR) is 37.7 cm³/mol. The Morgan fingerprint density at radius 2 is 2.11 bits per heavy atom. The minimum atomic E-state index is -0.506. The summed E-state index contributed by atoms with van der Waals surface area (Å²) >= 11 is 0. The molecule has 0 rings (SSSR count). The normalized spacial score (nSPS) is 9.33. The third-order valence-corrected chi connectivity index (χ3v) is 0.750. The summed E-state index contributed by atoms with van der Waals surface area (Å²) in [6.45, 7) is 6.79. The van der Waals surface area contributed by atoms with Gasteiger partial charge in [-0.1, -0.05) is 31.4 Å². The number of amides is 1. The Kier molecular flexibility index (Phi) is 3.13. The highest BCUT2D eigenvalue weighted by atomic mass is 16.1. The Balaban J connectivity index is 3.92. The number of carbonyl (C=O) groups excluding carboxylic acids is 1. The first kappa shape index (κ1) is 7.69. The molecule has 9 heavy (non-hydrogen) atoms. The van der Waals surface area contributed by atoms with Crippen molar-refractivity contribution in [1.29, 1.82) is 0 Å². The van der Waals surface area contributed by atoms with Crippen molar-refractivity contribution in [3.05, 3.63) is 37.0 Å². The molecule has 0 saturated carbocycles. The largest absolute Gasteiger partial charge is 0.366 e. The SMILES string of the molecule is C=CC=CC(=C)C(N)=O. The van der Waals surface area contributed by atoms with E-state index in [2.05, 4.69) is 13.2 Å². The summed E-state index contributed by atoms with van der Waals surface area (Å²) < 4.78 is 0. The molecule has 0 spiro atoms. The van der Waals surface area contributed by atoms with E-state index in [-0.39, 0.29) is 5.57 Å². The van der Waals surface area contributed by atoms with Crippen molar-refractivity contribution in [2.24, 2.45) is 5.73 Å². The Morgan fingerprint density at radius 1 is 1.56 bits per heavy atom. The molecule has 0 saturated heterocycles. The number of hydrogen-bond donors (Lipinski definition) is 1. The van der Waals surface area contributed by atoms with E-state index in [1.54, 1.807) is 12.2 Å². The molecule has 0 aromatic carbocycles. The molecule has 2 N–H and O–H groups in total. The fourth-order valence-electron chi connectivity index (χ4n) is 0.266. The van der Waals surface area contributed by atoms with E-state index in [1.165, 1.54) is 6.08 Å². The zero-order valence-corrected chi connectivity index (χ0v) is 5.13. The quantitative estimate of drug-likeness (QED) is 0.437. The monoisotopic (exact) mass is 123 g/mol. The van der Waals surface area contributed by atoms with E-state index in [0.717, 1.165) is 0 Å². The second-order valence-corrected chi connectivity index (χ2v) is 1.48. The van der Waals surface area contributed by atoms with Gasteiger partial charge in [-0.15, -0.1) is 0 Å². The topological polar surface area (TPSA) is 43.1 Å². The third kappa shape index (κ3) is 3.29. The van der Waals surface area contributed by atoms with Crippen LogP contribution in [-0.2, 0) is 4.79 Å². The smallest absolute Gasteiger partial charge is 0.248 e. The Hall–Kier alpha value is -1.31. The summed E-state index contributed by atoms with van der Waals surface area (Å²) in [7, 11) is 0. The number of hydrogen-bond acceptors (Lipinski definition) is 1. The van der Waals surface area contributed by atoms with Crippen molar-refractivity contribution in [3.8, 4) is 0 Å². The lowest BCUT2D eigenvalue weighted by molar-refractivity contribution is -0.114. The average molecular weight is 123 g/mol. The summed E-state index contributed by atoms with van der Waals surface area (Å²) in [4.78, 5) is 10.2. The highest BCUT2D eigenvalue weighted by Gasteiger charge is 1.91. The fraction of sp³-hybridized carbons (Fsp3) is 0. The standard InChI is InChI=1S/C7H9NO/c1-3-4-5-6(2)7(8)9/h3-5H,1-2H2,(H2,8,9). The molecular formula is C7H9NO. The first-order valence-corrected chi connectivity index (χ1v) is 2.46. The van der Waals surface area contributed by atoms with Gasteiger partial charge in [0.25, 0.3) is 0 Å². The maximum absolute atomic E-state index is 10.2. The highest BCUT2D eigenvalue weighted by Crippen LogP contribution is 1.89. The molecular weight excluding hydrogens is 114 g/mol. The van der Waals surface area contributed by atoms with Gasteiger partial charge in [-0.2, -0.15) is 0 Å². The van der Waals surface area contributed by atoms with Crippen LogP contribution in [0.2, 0.25) is 0 Å². The molecule has 0 aliphatic rings. The first-order valence-electron chi connectivity index (χ1n) is 2.46. The summed E-state index contributed by atoms with van der Waals surface area (Å²) in [6, 6.07) is 0. The summed E-state index contributed by atoms with van der Waals surface area (Å²) in [6.07, 6.45) is 4.66. The molecule has 1 amide bonds. The van der Waals surface area contributed by atoms with Crippen molar-refractivity contribution in [2.45, 2.75) is 0 Å². The lowest BCUT2D eigenvalue weighted by Gasteiger charge is -1.86. The number of carbonyl (C=O) groups is 1. The Morgan fingerprint density at radius 3 is 2.44 bits per heavy atom. The predicted octanol–water partition coefficient (Wildman–Crippen LogP) is 0.770. The van der Waals surface area contributed by atoms with E-state index < -0.39 is 5.91 Å². The van der Waals surface area contributed by atoms with Gasteiger partial charge in [-0.3, -0.25) is 4.79 Å². The van der Waals surface area contributed by atoms with Crippen molar-refractivity contribution in [2.75, 3.05) is 0 Å². The molecule has 0 aromatic heterocycles. The van der Waals surface area contributed by atoms with Gasteiger partial charge in [0.15, 0.2) is 0 Å². The molecule has 48 valence electrons. The maximum atomic E-state index is 10.2. The Labute approximate surface area is 54.4 Å². The van der Waals surface area contributed by atoms with Gasteiger partial charge in [0.1, 0.15) is 0 Å². The van der Waals surface area contributed by atoms with E-state index in [9.17, 15) is 4.79 Å². The zero-order valence-electron chi connectivity index (χ0n) is 5.13. The molecule has 0 fully saturated rings. The summed E-state index contributed by atoms with van der Waals surface area (Å²) in [5.74, 6) is -0.506. The number of rotatable bonds is 3. The molecule has 2 heteroatoms. The number of allylic oxidation sites excluding steroid dienone is 2. The van der Waals surface area contributed by atoms with Crippen LogP contribution < -0.4 is 5.73 Å². The van der Waals surface area contributed by atoms with Gasteiger partial charge >= 0.3 is 0 Å². The van der Waals surface area contributed by atoms with E-state index >= 15 is 0 Å². The van der Waals surface area contributed by atoms with Gasteiger partial charge in [-0.05, 0) is 0 Å². The van der Waals surface area contributed by atoms with Crippen molar-refractivity contribution in [3.63, 3.8) is 0 Å². The molecule has 0 aliphatic carbocycles. The van der Waals surface area contributed by atoms with Crippen LogP contribution in [-0.4, -0.2) is 5.91 Å². The van der Waals surface area contributed by atoms with Crippen LogP contribution in [0.4, 0.5) is 0 Å². The van der Waals surface area contributed by atoms with Gasteiger partial charge in [0.2, 0.25) is 5.91 Å². The molecule has 0 aliphatic heterocycles. The second kappa shape index (κ2) is 3.66. The first-order chi connectivity index (χ1) is 4.18. The van der Waals surface area contributed by atoms with Crippen molar-refractivity contribution < 1.29 is 4.79 Å². The zero-order chi connectivity index (χ0) is 7.28. The van der Waals surface area contributed by atoms with Gasteiger partial charge in [-0.25, -0.2) is 0 Å². The highest BCUT2D eigenvalue weighted by molar-refractivity contribution is 5.94. The van der Waals surface area contributed by atoms with Crippen LogP contribution >= 0.6 is 0 Å². The lowest BCUT2D eigenvalue weighted by atomic mass is 10.3. The van der Waals surface area contributed by atoms with Crippen LogP contribution in [0.15, 0.2) is 37.0 Å². The maximum Gasteiger partial charge on any atom is 0.248 e. The number of primary amides is 1. The number of nitrogens with two attached hydrogens (primary N) is 1. The fourth-order valence-corrected chi connectivity index (χ4v) is 0.266. The molecule has 0 bridgehead atoms. The van der Waals surface area contributed by atoms with Crippen molar-refractivity contribution >= 4 is 5.91 Å². The minimum absolute atomic E-state index is 0.287. The van der Waals surface area contributed by atoms with Crippen LogP contribution in [0.3, 0.4) is 0 Å². The summed E-state index contributed by atoms with van der Waals surface area (Å²) in [5.41, 5.74) is 5.14. The van der Waals surface area contributed by atoms with Crippen LogP contribution in [0.25, 0.3) is 0 Å². The second-order valence-electron chi connectivity index (χ2n) is 1.48. The minimum Gasteiger partial charge on any atom is -0.366 e. The van der Waals surface area contributed by atoms with E-state index in [1.807, 2.05) is 0 Å². The van der Waals surface area contributed by atoms with Gasteiger partial charge in [0.05, 0.1) is 0 Å². The molecule has 0 radical (unpaired) electrons. The van der Waals surface area contributed by atoms with E-state index in [4.69, 9.17) is 5.73 Å². The van der Waals surface area contributed by atoms with E-state index in [0.29, 0.717) is 0 Å². The van der Waals surface area contributed by atoms with Crippen LogP contribution in [0.5, 0.6) is 0 Å². The molecule has 0 atom stereocenters. The third-order valence-electron chi connectivity index (χ3n) is 0.750. The Bertz CT molecular complexity index is 168. The van der Waals surface area contributed by atoms with Crippen LogP contribution in [0, 0.1) is 0 Å².